The third kappa shape index (κ3) is 5.79. The number of aliphatic carboxylic acids is 1. The van der Waals surface area contributed by atoms with Gasteiger partial charge in [-0.3, -0.25) is 4.79 Å². The van der Waals surface area contributed by atoms with Crippen LogP contribution in [0, 0.1) is 5.41 Å². The number of benzene rings is 1. The van der Waals surface area contributed by atoms with E-state index in [1.54, 1.807) is 12.1 Å². The molecule has 0 aromatic heterocycles. The Hall–Kier alpha value is -1.49. The topological polar surface area (TPSA) is 66.4 Å². The molecule has 0 radical (unpaired) electrons. The molecule has 0 aliphatic carbocycles. The highest BCUT2D eigenvalue weighted by Gasteiger charge is 2.24. The Morgan fingerprint density at radius 2 is 1.90 bits per heavy atom. The Labute approximate surface area is 130 Å². The molecule has 0 saturated carbocycles. The quantitative estimate of drug-likeness (QED) is 0.790. The maximum absolute atomic E-state index is 12.3. The molecule has 0 heterocycles. The number of rotatable bonds is 6. The second kappa shape index (κ2) is 7.50. The molecule has 5 heteroatoms. The lowest BCUT2D eigenvalue weighted by Crippen LogP contribution is -2.41. The minimum atomic E-state index is -0.991. The molecule has 2 N–H and O–H groups in total. The van der Waals surface area contributed by atoms with Crippen LogP contribution < -0.4 is 5.32 Å². The average Bonchev–Trinajstić information content (AvgIpc) is 2.41. The van der Waals surface area contributed by atoms with Gasteiger partial charge >= 0.3 is 5.97 Å². The molecule has 1 aromatic carbocycles. The standard InChI is InChI=1S/C16H23NO3S/c1-16(2,3)10-9-12(15(19)20)17-14(18)11-7-5-6-8-13(11)21-4/h5-8,12H,9-10H2,1-4H3,(H,17,18)(H,19,20). The first-order valence-electron chi connectivity index (χ1n) is 6.91. The lowest BCUT2D eigenvalue weighted by Gasteiger charge is -2.22. The molecular weight excluding hydrogens is 286 g/mol. The number of amides is 1. The van der Waals surface area contributed by atoms with E-state index in [4.69, 9.17) is 0 Å². The van der Waals surface area contributed by atoms with E-state index in [0.717, 1.165) is 11.3 Å². The summed E-state index contributed by atoms with van der Waals surface area (Å²) in [5, 5.41) is 11.9. The van der Waals surface area contributed by atoms with Crippen LogP contribution in [0.5, 0.6) is 0 Å². The highest BCUT2D eigenvalue weighted by atomic mass is 32.2. The van der Waals surface area contributed by atoms with Gasteiger partial charge in [-0.15, -0.1) is 11.8 Å². The number of thioether (sulfide) groups is 1. The van der Waals surface area contributed by atoms with E-state index in [1.807, 2.05) is 18.4 Å². The normalized spacial score (nSPS) is 12.8. The van der Waals surface area contributed by atoms with Crippen LogP contribution in [0.4, 0.5) is 0 Å². The number of nitrogens with one attached hydrogen (secondary N) is 1. The van der Waals surface area contributed by atoms with Crippen LogP contribution in [0.15, 0.2) is 29.2 Å². The van der Waals surface area contributed by atoms with Crippen LogP contribution in [-0.4, -0.2) is 29.3 Å². The van der Waals surface area contributed by atoms with Crippen molar-refractivity contribution in [3.05, 3.63) is 29.8 Å². The van der Waals surface area contributed by atoms with Gasteiger partial charge in [-0.2, -0.15) is 0 Å². The molecule has 0 spiro atoms. The molecule has 0 saturated heterocycles. The number of hydrogen-bond acceptors (Lipinski definition) is 3. The highest BCUT2D eigenvalue weighted by molar-refractivity contribution is 7.98. The lowest BCUT2D eigenvalue weighted by atomic mass is 9.88. The van der Waals surface area contributed by atoms with Gasteiger partial charge in [-0.05, 0) is 36.6 Å². The number of carboxylic acid groups (broad SMARTS) is 1. The van der Waals surface area contributed by atoms with Crippen LogP contribution in [0.2, 0.25) is 0 Å². The second-order valence-electron chi connectivity index (χ2n) is 6.16. The first-order valence-corrected chi connectivity index (χ1v) is 8.14. The Bertz CT molecular complexity index is 508. The van der Waals surface area contributed by atoms with Gasteiger partial charge in [0.15, 0.2) is 0 Å². The Kier molecular flexibility index (Phi) is 6.27. The third-order valence-electron chi connectivity index (χ3n) is 3.14. The molecule has 0 fully saturated rings. The average molecular weight is 309 g/mol. The number of carbonyl (C=O) groups is 2. The first kappa shape index (κ1) is 17.6. The maximum Gasteiger partial charge on any atom is 0.326 e. The number of carboxylic acids is 1. The van der Waals surface area contributed by atoms with Gasteiger partial charge in [0.1, 0.15) is 6.04 Å². The van der Waals surface area contributed by atoms with Crippen molar-refractivity contribution in [2.24, 2.45) is 5.41 Å². The third-order valence-corrected chi connectivity index (χ3v) is 3.93. The van der Waals surface area contributed by atoms with Crippen molar-refractivity contribution in [2.45, 2.75) is 44.6 Å². The highest BCUT2D eigenvalue weighted by Crippen LogP contribution is 2.23. The Morgan fingerprint density at radius 1 is 1.29 bits per heavy atom. The van der Waals surface area contributed by atoms with Crippen LogP contribution in [0.25, 0.3) is 0 Å². The van der Waals surface area contributed by atoms with Crippen molar-refractivity contribution in [1.29, 1.82) is 0 Å². The van der Waals surface area contributed by atoms with Crippen LogP contribution >= 0.6 is 11.8 Å². The second-order valence-corrected chi connectivity index (χ2v) is 7.01. The molecule has 116 valence electrons. The van der Waals surface area contributed by atoms with E-state index in [9.17, 15) is 14.7 Å². The SMILES string of the molecule is CSc1ccccc1C(=O)NC(CCC(C)(C)C)C(=O)O. The smallest absolute Gasteiger partial charge is 0.326 e. The zero-order chi connectivity index (χ0) is 16.0. The van der Waals surface area contributed by atoms with Gasteiger partial charge in [0.2, 0.25) is 0 Å². The van der Waals surface area contributed by atoms with Crippen molar-refractivity contribution < 1.29 is 14.7 Å². The molecule has 0 bridgehead atoms. The van der Waals surface area contributed by atoms with E-state index >= 15 is 0 Å². The maximum atomic E-state index is 12.3. The summed E-state index contributed by atoms with van der Waals surface area (Å²) >= 11 is 1.47. The summed E-state index contributed by atoms with van der Waals surface area (Å²) < 4.78 is 0. The van der Waals surface area contributed by atoms with Crippen LogP contribution in [-0.2, 0) is 4.79 Å². The molecule has 1 rings (SSSR count). The fourth-order valence-electron chi connectivity index (χ4n) is 1.90. The van der Waals surface area contributed by atoms with Crippen molar-refractivity contribution in [1.82, 2.24) is 5.32 Å². The van der Waals surface area contributed by atoms with Gasteiger partial charge < -0.3 is 10.4 Å². The first-order chi connectivity index (χ1) is 9.74. The fourth-order valence-corrected chi connectivity index (χ4v) is 2.50. The molecule has 1 atom stereocenters. The van der Waals surface area contributed by atoms with Gasteiger partial charge in [-0.25, -0.2) is 4.79 Å². The van der Waals surface area contributed by atoms with Crippen molar-refractivity contribution in [3.63, 3.8) is 0 Å². The van der Waals surface area contributed by atoms with E-state index in [1.165, 1.54) is 11.8 Å². The van der Waals surface area contributed by atoms with E-state index in [-0.39, 0.29) is 11.3 Å². The molecule has 21 heavy (non-hydrogen) atoms. The lowest BCUT2D eigenvalue weighted by molar-refractivity contribution is -0.139. The van der Waals surface area contributed by atoms with Crippen LogP contribution in [0.3, 0.4) is 0 Å². The minimum Gasteiger partial charge on any atom is -0.480 e. The summed E-state index contributed by atoms with van der Waals surface area (Å²) in [6, 6.07) is 6.34. The number of carbonyl (C=O) groups excluding carboxylic acids is 1. The minimum absolute atomic E-state index is 0.0373. The summed E-state index contributed by atoms with van der Waals surface area (Å²) in [6.07, 6.45) is 3.04. The summed E-state index contributed by atoms with van der Waals surface area (Å²) in [5.74, 6) is -1.32. The van der Waals surface area contributed by atoms with E-state index < -0.39 is 12.0 Å². The zero-order valence-corrected chi connectivity index (χ0v) is 13.8. The van der Waals surface area contributed by atoms with Gasteiger partial charge in [-0.1, -0.05) is 32.9 Å². The predicted molar refractivity (Wildman–Crippen MR) is 85.8 cm³/mol. The van der Waals surface area contributed by atoms with Gasteiger partial charge in [0.05, 0.1) is 5.56 Å². The van der Waals surface area contributed by atoms with E-state index in [2.05, 4.69) is 26.1 Å². The van der Waals surface area contributed by atoms with Crippen molar-refractivity contribution in [2.75, 3.05) is 6.26 Å². The van der Waals surface area contributed by atoms with E-state index in [0.29, 0.717) is 12.0 Å². The van der Waals surface area contributed by atoms with Gasteiger partial charge in [0, 0.05) is 4.90 Å². The number of hydrogen-bond donors (Lipinski definition) is 2. The molecular formula is C16H23NO3S. The fraction of sp³-hybridized carbons (Fsp3) is 0.500. The molecule has 0 aliphatic heterocycles. The summed E-state index contributed by atoms with van der Waals surface area (Å²) in [7, 11) is 0. The van der Waals surface area contributed by atoms with Crippen molar-refractivity contribution >= 4 is 23.6 Å². The molecule has 1 aromatic rings. The summed E-state index contributed by atoms with van der Waals surface area (Å²) in [5.41, 5.74) is 0.558. The Balaban J connectivity index is 2.79. The summed E-state index contributed by atoms with van der Waals surface area (Å²) in [4.78, 5) is 24.4. The molecule has 4 nitrogen and oxygen atoms in total. The predicted octanol–water partition coefficient (Wildman–Crippen LogP) is 3.42. The van der Waals surface area contributed by atoms with Gasteiger partial charge in [0.25, 0.3) is 5.91 Å². The molecule has 1 amide bonds. The Morgan fingerprint density at radius 3 is 2.43 bits per heavy atom. The molecule has 1 unspecified atom stereocenters. The monoisotopic (exact) mass is 309 g/mol. The van der Waals surface area contributed by atoms with Crippen LogP contribution in [0.1, 0.15) is 44.0 Å². The van der Waals surface area contributed by atoms with Crippen molar-refractivity contribution in [3.8, 4) is 0 Å². The molecule has 0 aliphatic rings. The largest absolute Gasteiger partial charge is 0.480 e. The zero-order valence-electron chi connectivity index (χ0n) is 13.0. The summed E-state index contributed by atoms with van der Waals surface area (Å²) in [6.45, 7) is 6.16.